The molecule has 0 aromatic carbocycles. The Labute approximate surface area is 158 Å². The van der Waals surface area contributed by atoms with E-state index in [9.17, 15) is 4.79 Å². The summed E-state index contributed by atoms with van der Waals surface area (Å²) >= 11 is 0. The Morgan fingerprint density at radius 1 is 1.26 bits per heavy atom. The summed E-state index contributed by atoms with van der Waals surface area (Å²) in [5.74, 6) is 1.51. The Kier molecular flexibility index (Phi) is 4.92. The summed E-state index contributed by atoms with van der Waals surface area (Å²) in [6.07, 6.45) is 8.20. The number of likely N-dealkylation sites (tertiary alicyclic amines) is 1. The van der Waals surface area contributed by atoms with Gasteiger partial charge in [-0.3, -0.25) is 4.79 Å². The van der Waals surface area contributed by atoms with Crippen LogP contribution in [0.3, 0.4) is 0 Å². The summed E-state index contributed by atoms with van der Waals surface area (Å²) in [4.78, 5) is 24.2. The molecule has 0 saturated carbocycles. The zero-order valence-corrected chi connectivity index (χ0v) is 15.8. The van der Waals surface area contributed by atoms with Crippen molar-refractivity contribution in [2.45, 2.75) is 57.9 Å². The van der Waals surface area contributed by atoms with E-state index in [1.807, 2.05) is 53.7 Å². The first-order valence-corrected chi connectivity index (χ1v) is 9.67. The minimum Gasteiger partial charge on any atom is -0.339 e. The highest BCUT2D eigenvalue weighted by molar-refractivity contribution is 5.79. The van der Waals surface area contributed by atoms with Gasteiger partial charge in [-0.25, -0.2) is 4.98 Å². The van der Waals surface area contributed by atoms with Gasteiger partial charge in [-0.2, -0.15) is 4.98 Å². The van der Waals surface area contributed by atoms with Gasteiger partial charge in [0.2, 0.25) is 11.8 Å². The summed E-state index contributed by atoms with van der Waals surface area (Å²) in [5.41, 5.74) is 1.64. The predicted molar refractivity (Wildman–Crippen MR) is 100 cm³/mol. The highest BCUT2D eigenvalue weighted by Crippen LogP contribution is 2.30. The van der Waals surface area contributed by atoms with Crippen molar-refractivity contribution >= 4 is 11.6 Å². The Hall–Kier alpha value is -2.70. The van der Waals surface area contributed by atoms with E-state index in [1.54, 1.807) is 0 Å². The van der Waals surface area contributed by atoms with Crippen molar-refractivity contribution in [1.82, 2.24) is 24.4 Å². The van der Waals surface area contributed by atoms with Gasteiger partial charge in [0.15, 0.2) is 5.82 Å². The summed E-state index contributed by atoms with van der Waals surface area (Å²) in [7, 11) is 0. The molecule has 1 saturated heterocycles. The highest BCUT2D eigenvalue weighted by atomic mass is 16.5. The first-order valence-electron chi connectivity index (χ1n) is 9.67. The van der Waals surface area contributed by atoms with Crippen LogP contribution in [0, 0.1) is 0 Å². The molecule has 0 N–H and O–H groups in total. The van der Waals surface area contributed by atoms with E-state index in [2.05, 4.69) is 15.1 Å². The third-order valence-electron chi connectivity index (χ3n) is 5.07. The van der Waals surface area contributed by atoms with Gasteiger partial charge in [-0.05, 0) is 25.0 Å². The van der Waals surface area contributed by atoms with Crippen LogP contribution in [0.2, 0.25) is 0 Å². The minimum absolute atomic E-state index is 0.0706. The second-order valence-electron chi connectivity index (χ2n) is 7.47. The maximum Gasteiger partial charge on any atom is 0.229 e. The molecule has 3 aromatic heterocycles. The van der Waals surface area contributed by atoms with Crippen LogP contribution in [-0.2, 0) is 11.2 Å². The van der Waals surface area contributed by atoms with Crippen molar-refractivity contribution in [2.24, 2.45) is 0 Å². The van der Waals surface area contributed by atoms with Gasteiger partial charge in [0.05, 0.1) is 18.2 Å². The van der Waals surface area contributed by atoms with Crippen LogP contribution in [0.5, 0.6) is 0 Å². The van der Waals surface area contributed by atoms with E-state index >= 15 is 0 Å². The Balaban J connectivity index is 1.56. The number of hydrogen-bond acceptors (Lipinski definition) is 5. The highest BCUT2D eigenvalue weighted by Gasteiger charge is 2.31. The van der Waals surface area contributed by atoms with Crippen LogP contribution in [-0.4, -0.2) is 36.9 Å². The smallest absolute Gasteiger partial charge is 0.229 e. The van der Waals surface area contributed by atoms with Gasteiger partial charge >= 0.3 is 0 Å². The lowest BCUT2D eigenvalue weighted by atomic mass is 10.1. The molecule has 1 unspecified atom stereocenters. The van der Waals surface area contributed by atoms with Crippen LogP contribution in [0.4, 0.5) is 0 Å². The van der Waals surface area contributed by atoms with E-state index < -0.39 is 0 Å². The van der Waals surface area contributed by atoms with Crippen molar-refractivity contribution in [3.8, 4) is 0 Å². The molecule has 7 heteroatoms. The zero-order chi connectivity index (χ0) is 18.8. The summed E-state index contributed by atoms with van der Waals surface area (Å²) < 4.78 is 7.33. The number of amides is 1. The van der Waals surface area contributed by atoms with E-state index in [-0.39, 0.29) is 24.3 Å². The fourth-order valence-electron chi connectivity index (χ4n) is 3.62. The molecule has 1 fully saturated rings. The molecule has 1 aliphatic heterocycles. The second kappa shape index (κ2) is 7.50. The van der Waals surface area contributed by atoms with Crippen molar-refractivity contribution in [2.75, 3.05) is 6.54 Å². The number of fused-ring (bicyclic) bond motifs is 1. The van der Waals surface area contributed by atoms with Gasteiger partial charge in [-0.1, -0.05) is 37.9 Å². The SMILES string of the molecule is CC(C)c1nc(C2CCCCCN2C(=O)Cc2cn3ccccc3n2)no1. The third kappa shape index (κ3) is 3.72. The summed E-state index contributed by atoms with van der Waals surface area (Å²) in [6.45, 7) is 4.77. The van der Waals surface area contributed by atoms with Gasteiger partial charge in [0.1, 0.15) is 5.65 Å². The average Bonchev–Trinajstić information content (AvgIpc) is 3.22. The molecular formula is C20H25N5O2. The van der Waals surface area contributed by atoms with Gasteiger partial charge in [-0.15, -0.1) is 0 Å². The standard InChI is InChI=1S/C20H25N5O2/c1-14(2)20-22-19(23-27-20)16-8-4-3-6-11-25(16)18(26)12-15-13-24-10-7-5-9-17(24)21-15/h5,7,9-10,13-14,16H,3-4,6,8,11-12H2,1-2H3. The fraction of sp³-hybridized carbons (Fsp3) is 0.500. The number of nitrogens with zero attached hydrogens (tertiary/aromatic N) is 5. The van der Waals surface area contributed by atoms with Crippen LogP contribution in [0.25, 0.3) is 5.65 Å². The maximum absolute atomic E-state index is 13.1. The molecule has 0 spiro atoms. The quantitative estimate of drug-likeness (QED) is 0.705. The minimum atomic E-state index is -0.117. The average molecular weight is 367 g/mol. The maximum atomic E-state index is 13.1. The number of aromatic nitrogens is 4. The molecule has 27 heavy (non-hydrogen) atoms. The Morgan fingerprint density at radius 3 is 2.93 bits per heavy atom. The van der Waals surface area contributed by atoms with Crippen molar-refractivity contribution in [1.29, 1.82) is 0 Å². The van der Waals surface area contributed by atoms with E-state index in [0.717, 1.165) is 43.6 Å². The first kappa shape index (κ1) is 17.7. The molecule has 0 bridgehead atoms. The number of hydrogen-bond donors (Lipinski definition) is 0. The number of pyridine rings is 1. The topological polar surface area (TPSA) is 76.5 Å². The van der Waals surface area contributed by atoms with Gasteiger partial charge in [0, 0.05) is 24.9 Å². The molecule has 4 rings (SSSR count). The summed E-state index contributed by atoms with van der Waals surface area (Å²) in [5, 5.41) is 4.18. The number of carbonyl (C=O) groups is 1. The van der Waals surface area contributed by atoms with Crippen LogP contribution < -0.4 is 0 Å². The van der Waals surface area contributed by atoms with Gasteiger partial charge < -0.3 is 13.8 Å². The lowest BCUT2D eigenvalue weighted by molar-refractivity contribution is -0.133. The molecule has 7 nitrogen and oxygen atoms in total. The molecule has 142 valence electrons. The van der Waals surface area contributed by atoms with Crippen molar-refractivity contribution in [3.05, 3.63) is 48.0 Å². The fourth-order valence-corrected chi connectivity index (χ4v) is 3.62. The molecule has 0 radical (unpaired) electrons. The molecule has 3 aromatic rings. The molecular weight excluding hydrogens is 342 g/mol. The number of carbonyl (C=O) groups excluding carboxylic acids is 1. The summed E-state index contributed by atoms with van der Waals surface area (Å²) in [6, 6.07) is 5.72. The first-order chi connectivity index (χ1) is 13.1. The van der Waals surface area contributed by atoms with Crippen molar-refractivity contribution < 1.29 is 9.32 Å². The lowest BCUT2D eigenvalue weighted by Crippen LogP contribution is -2.36. The molecule has 1 atom stereocenters. The molecule has 1 aliphatic rings. The van der Waals surface area contributed by atoms with Crippen molar-refractivity contribution in [3.63, 3.8) is 0 Å². The Morgan fingerprint density at radius 2 is 2.15 bits per heavy atom. The second-order valence-corrected chi connectivity index (χ2v) is 7.47. The normalized spacial score (nSPS) is 18.2. The third-order valence-corrected chi connectivity index (χ3v) is 5.07. The number of imidazole rings is 1. The van der Waals surface area contributed by atoms with E-state index in [4.69, 9.17) is 4.52 Å². The monoisotopic (exact) mass is 367 g/mol. The van der Waals surface area contributed by atoms with Crippen LogP contribution >= 0.6 is 0 Å². The van der Waals surface area contributed by atoms with Gasteiger partial charge in [0.25, 0.3) is 0 Å². The predicted octanol–water partition coefficient (Wildman–Crippen LogP) is 3.53. The van der Waals surface area contributed by atoms with Crippen LogP contribution in [0.1, 0.15) is 68.9 Å². The van der Waals surface area contributed by atoms with Crippen LogP contribution in [0.15, 0.2) is 35.1 Å². The molecule has 1 amide bonds. The largest absolute Gasteiger partial charge is 0.339 e. The lowest BCUT2D eigenvalue weighted by Gasteiger charge is -2.27. The van der Waals surface area contributed by atoms with E-state index in [1.165, 1.54) is 0 Å². The molecule has 4 heterocycles. The molecule has 0 aliphatic carbocycles. The van der Waals surface area contributed by atoms with E-state index in [0.29, 0.717) is 11.7 Å². The Bertz CT molecular complexity index is 896. The zero-order valence-electron chi connectivity index (χ0n) is 15.8. The number of rotatable bonds is 4.